The number of H-pyrrole nitrogens is 1. The first-order valence-corrected chi connectivity index (χ1v) is 9.37. The minimum absolute atomic E-state index is 0.169. The Bertz CT molecular complexity index is 1010. The minimum Gasteiger partial charge on any atom is -0.322 e. The molecule has 1 heterocycles. The number of aromatic nitrogens is 1. The number of benzene rings is 2. The fraction of sp³-hybridized carbons (Fsp3) is 0.105. The Labute approximate surface area is 146 Å². The average molecular weight is 354 g/mol. The Morgan fingerprint density at radius 3 is 2.32 bits per heavy atom. The summed E-state index contributed by atoms with van der Waals surface area (Å²) in [5.41, 5.74) is 2.39. The lowest BCUT2D eigenvalue weighted by Gasteiger charge is -2.11. The lowest BCUT2D eigenvalue weighted by molar-refractivity contribution is 0.581. The highest BCUT2D eigenvalue weighted by Gasteiger charge is 2.13. The number of nitrogens with one attached hydrogen (secondary N) is 2. The van der Waals surface area contributed by atoms with Gasteiger partial charge in [0.15, 0.2) is 0 Å². The molecule has 0 atom stereocenters. The van der Waals surface area contributed by atoms with Gasteiger partial charge < -0.3 is 4.98 Å². The van der Waals surface area contributed by atoms with Crippen molar-refractivity contribution in [2.45, 2.75) is 11.3 Å². The predicted octanol–water partition coefficient (Wildman–Crippen LogP) is 2.56. The first kappa shape index (κ1) is 17.1. The van der Waals surface area contributed by atoms with Crippen molar-refractivity contribution in [3.63, 3.8) is 0 Å². The molecule has 0 spiro atoms. The third-order valence-corrected chi connectivity index (χ3v) is 5.29. The van der Waals surface area contributed by atoms with Crippen molar-refractivity contribution in [3.8, 4) is 11.3 Å². The number of aromatic amines is 1. The maximum Gasteiger partial charge on any atom is 0.248 e. The van der Waals surface area contributed by atoms with Gasteiger partial charge in [-0.05, 0) is 30.2 Å². The second kappa shape index (κ2) is 7.46. The van der Waals surface area contributed by atoms with Gasteiger partial charge in [0.25, 0.3) is 0 Å². The topological polar surface area (TPSA) is 79.0 Å². The summed E-state index contributed by atoms with van der Waals surface area (Å²) in [6, 6.07) is 20.9. The third-order valence-electron chi connectivity index (χ3n) is 3.82. The van der Waals surface area contributed by atoms with Gasteiger partial charge in [-0.2, -0.15) is 0 Å². The molecule has 25 heavy (non-hydrogen) atoms. The van der Waals surface area contributed by atoms with E-state index in [2.05, 4.69) is 9.71 Å². The molecule has 0 saturated heterocycles. The zero-order valence-electron chi connectivity index (χ0n) is 13.5. The van der Waals surface area contributed by atoms with Crippen molar-refractivity contribution in [2.75, 3.05) is 6.54 Å². The van der Waals surface area contributed by atoms with Crippen molar-refractivity contribution >= 4 is 10.0 Å². The Morgan fingerprint density at radius 2 is 1.56 bits per heavy atom. The fourth-order valence-electron chi connectivity index (χ4n) is 2.61. The highest BCUT2D eigenvalue weighted by atomic mass is 32.2. The fourth-order valence-corrected chi connectivity index (χ4v) is 3.66. The molecule has 0 amide bonds. The van der Waals surface area contributed by atoms with Crippen LogP contribution in [0.1, 0.15) is 5.56 Å². The lowest BCUT2D eigenvalue weighted by Crippen LogP contribution is -2.26. The number of pyridine rings is 1. The SMILES string of the molecule is O=c1cccc(-c2ccccc2CCNS(=O)(=O)c2ccccc2)[nH]1. The van der Waals surface area contributed by atoms with E-state index in [9.17, 15) is 13.2 Å². The molecule has 2 N–H and O–H groups in total. The van der Waals surface area contributed by atoms with Crippen LogP contribution in [0.25, 0.3) is 11.3 Å². The summed E-state index contributed by atoms with van der Waals surface area (Å²) in [7, 11) is -3.52. The molecule has 0 saturated carbocycles. The zero-order chi connectivity index (χ0) is 17.7. The summed E-state index contributed by atoms with van der Waals surface area (Å²) >= 11 is 0. The summed E-state index contributed by atoms with van der Waals surface area (Å²) in [6.45, 7) is 0.269. The third kappa shape index (κ3) is 4.23. The molecule has 0 unspecified atom stereocenters. The standard InChI is InChI=1S/C19H18N2O3S/c22-19-12-6-11-18(21-19)17-10-5-4-7-15(17)13-14-20-25(23,24)16-8-2-1-3-9-16/h1-12,20H,13-14H2,(H,21,22). The van der Waals surface area contributed by atoms with E-state index in [1.54, 1.807) is 36.4 Å². The second-order valence-corrected chi connectivity index (χ2v) is 7.31. The van der Waals surface area contributed by atoms with E-state index >= 15 is 0 Å². The maximum absolute atomic E-state index is 12.3. The first-order valence-electron chi connectivity index (χ1n) is 7.88. The van der Waals surface area contributed by atoms with Crippen LogP contribution >= 0.6 is 0 Å². The van der Waals surface area contributed by atoms with Gasteiger partial charge in [-0.3, -0.25) is 4.79 Å². The van der Waals surface area contributed by atoms with Crippen LogP contribution in [0.15, 0.2) is 82.5 Å². The van der Waals surface area contributed by atoms with Crippen molar-refractivity contribution < 1.29 is 8.42 Å². The summed E-state index contributed by atoms with van der Waals surface area (Å²) in [5.74, 6) is 0. The van der Waals surface area contributed by atoms with E-state index in [1.807, 2.05) is 30.3 Å². The van der Waals surface area contributed by atoms with Crippen molar-refractivity contribution in [1.82, 2.24) is 9.71 Å². The van der Waals surface area contributed by atoms with Crippen molar-refractivity contribution in [1.29, 1.82) is 0 Å². The minimum atomic E-state index is -3.52. The Morgan fingerprint density at radius 1 is 0.840 bits per heavy atom. The van der Waals surface area contributed by atoms with Gasteiger partial charge in [0.05, 0.1) is 4.90 Å². The molecule has 1 aromatic heterocycles. The van der Waals surface area contributed by atoms with Crippen LogP contribution in [0.4, 0.5) is 0 Å². The van der Waals surface area contributed by atoms with Crippen LogP contribution < -0.4 is 10.3 Å². The average Bonchev–Trinajstić information content (AvgIpc) is 2.63. The highest BCUT2D eigenvalue weighted by Crippen LogP contribution is 2.21. The van der Waals surface area contributed by atoms with Gasteiger partial charge >= 0.3 is 0 Å². The van der Waals surface area contributed by atoms with Gasteiger partial charge in [0, 0.05) is 23.9 Å². The van der Waals surface area contributed by atoms with E-state index in [1.165, 1.54) is 6.07 Å². The van der Waals surface area contributed by atoms with Crippen LogP contribution in [-0.4, -0.2) is 19.9 Å². The van der Waals surface area contributed by atoms with Gasteiger partial charge in [0.2, 0.25) is 15.6 Å². The largest absolute Gasteiger partial charge is 0.322 e. The molecule has 2 aromatic carbocycles. The number of hydrogen-bond acceptors (Lipinski definition) is 3. The molecular weight excluding hydrogens is 336 g/mol. The van der Waals surface area contributed by atoms with Crippen molar-refractivity contribution in [2.24, 2.45) is 0 Å². The summed E-state index contributed by atoms with van der Waals surface area (Å²) in [6.07, 6.45) is 0.513. The molecule has 6 heteroatoms. The lowest BCUT2D eigenvalue weighted by atomic mass is 10.0. The molecule has 0 radical (unpaired) electrons. The zero-order valence-corrected chi connectivity index (χ0v) is 14.3. The quantitative estimate of drug-likeness (QED) is 0.714. The number of hydrogen-bond donors (Lipinski definition) is 2. The smallest absolute Gasteiger partial charge is 0.248 e. The van der Waals surface area contributed by atoms with Crippen LogP contribution in [-0.2, 0) is 16.4 Å². The summed E-state index contributed by atoms with van der Waals surface area (Å²) in [4.78, 5) is 14.6. The van der Waals surface area contributed by atoms with E-state index < -0.39 is 10.0 Å². The number of rotatable bonds is 6. The molecule has 0 aliphatic carbocycles. The van der Waals surface area contributed by atoms with Gasteiger partial charge in [-0.25, -0.2) is 13.1 Å². The van der Waals surface area contributed by atoms with Crippen LogP contribution in [0.5, 0.6) is 0 Å². The summed E-state index contributed by atoms with van der Waals surface area (Å²) in [5, 5.41) is 0. The molecule has 0 bridgehead atoms. The molecular formula is C19H18N2O3S. The first-order chi connectivity index (χ1) is 12.1. The van der Waals surface area contributed by atoms with Gasteiger partial charge in [-0.1, -0.05) is 48.5 Å². The Hall–Kier alpha value is -2.70. The maximum atomic E-state index is 12.3. The van der Waals surface area contributed by atoms with Gasteiger partial charge in [-0.15, -0.1) is 0 Å². The van der Waals surface area contributed by atoms with E-state index in [0.29, 0.717) is 12.1 Å². The molecule has 3 aromatic rings. The number of sulfonamides is 1. The van der Waals surface area contributed by atoms with Crippen LogP contribution in [0.2, 0.25) is 0 Å². The van der Waals surface area contributed by atoms with Crippen LogP contribution in [0, 0.1) is 0 Å². The Kier molecular flexibility index (Phi) is 5.11. The molecule has 5 nitrogen and oxygen atoms in total. The Balaban J connectivity index is 1.76. The van der Waals surface area contributed by atoms with Crippen LogP contribution in [0.3, 0.4) is 0 Å². The van der Waals surface area contributed by atoms with E-state index in [-0.39, 0.29) is 17.0 Å². The second-order valence-electron chi connectivity index (χ2n) is 5.55. The highest BCUT2D eigenvalue weighted by molar-refractivity contribution is 7.89. The predicted molar refractivity (Wildman–Crippen MR) is 97.8 cm³/mol. The molecule has 0 aliphatic rings. The van der Waals surface area contributed by atoms with Gasteiger partial charge in [0.1, 0.15) is 0 Å². The van der Waals surface area contributed by atoms with E-state index in [0.717, 1.165) is 11.1 Å². The summed E-state index contributed by atoms with van der Waals surface area (Å²) < 4.78 is 27.1. The molecule has 0 fully saturated rings. The van der Waals surface area contributed by atoms with Crippen molar-refractivity contribution in [3.05, 3.63) is 88.7 Å². The molecule has 3 rings (SSSR count). The normalized spacial score (nSPS) is 11.4. The molecule has 0 aliphatic heterocycles. The van der Waals surface area contributed by atoms with E-state index in [4.69, 9.17) is 0 Å². The molecule has 128 valence electrons. The monoisotopic (exact) mass is 354 g/mol.